The van der Waals surface area contributed by atoms with Crippen molar-refractivity contribution in [3.63, 3.8) is 0 Å². The van der Waals surface area contributed by atoms with E-state index in [9.17, 15) is 4.79 Å². The summed E-state index contributed by atoms with van der Waals surface area (Å²) in [6, 6.07) is 0. The number of hydrogen-bond donors (Lipinski definition) is 1. The topological polar surface area (TPSA) is 56.2 Å². The summed E-state index contributed by atoms with van der Waals surface area (Å²) in [6.07, 6.45) is 5.27. The third-order valence-electron chi connectivity index (χ3n) is 4.26. The highest BCUT2D eigenvalue weighted by molar-refractivity contribution is 7.12. The van der Waals surface area contributed by atoms with Crippen LogP contribution in [0.1, 0.15) is 40.0 Å². The van der Waals surface area contributed by atoms with Crippen LogP contribution in [0.3, 0.4) is 0 Å². The molecule has 0 radical (unpaired) electrons. The van der Waals surface area contributed by atoms with Gasteiger partial charge < -0.3 is 4.74 Å². The van der Waals surface area contributed by atoms with Gasteiger partial charge >= 0.3 is 11.1 Å². The average molecular weight is 297 g/mol. The Morgan fingerprint density at radius 1 is 1.55 bits per heavy atom. The monoisotopic (exact) mass is 297 g/mol. The fourth-order valence-corrected chi connectivity index (χ4v) is 3.65. The van der Waals surface area contributed by atoms with E-state index in [-0.39, 0.29) is 18.6 Å². The van der Waals surface area contributed by atoms with E-state index in [1.807, 2.05) is 11.6 Å². The zero-order valence-electron chi connectivity index (χ0n) is 12.5. The highest BCUT2D eigenvalue weighted by Crippen LogP contribution is 2.35. The summed E-state index contributed by atoms with van der Waals surface area (Å²) in [6.45, 7) is 6.88. The molecule has 4 nitrogen and oxygen atoms in total. The molecule has 0 bridgehead atoms. The van der Waals surface area contributed by atoms with Crippen molar-refractivity contribution in [1.82, 2.24) is 0 Å². The molecule has 1 aliphatic carbocycles. The molecule has 2 N–H and O–H groups in total. The largest absolute Gasteiger partial charge is 0.459 e. The molecule has 3 atom stereocenters. The molecule has 0 spiro atoms. The molecule has 2 rings (SSSR count). The van der Waals surface area contributed by atoms with Crippen LogP contribution in [0.25, 0.3) is 0 Å². The second-order valence-electron chi connectivity index (χ2n) is 6.22. The normalized spacial score (nSPS) is 26.7. The molecule has 1 aromatic heterocycles. The van der Waals surface area contributed by atoms with Crippen LogP contribution in [0.15, 0.2) is 11.6 Å². The van der Waals surface area contributed by atoms with Crippen LogP contribution < -0.4 is 10.3 Å². The Morgan fingerprint density at radius 3 is 2.90 bits per heavy atom. The Hall–Kier alpha value is -1.10. The first-order chi connectivity index (χ1) is 9.47. The third-order valence-corrected chi connectivity index (χ3v) is 4.99. The summed E-state index contributed by atoms with van der Waals surface area (Å²) in [5, 5.41) is 2.52. The van der Waals surface area contributed by atoms with Crippen molar-refractivity contribution in [3.8, 4) is 0 Å². The van der Waals surface area contributed by atoms with Crippen LogP contribution in [0.4, 0.5) is 5.13 Å². The molecule has 5 heteroatoms. The van der Waals surface area contributed by atoms with Crippen LogP contribution in [0.2, 0.25) is 0 Å². The van der Waals surface area contributed by atoms with Crippen molar-refractivity contribution in [3.05, 3.63) is 11.6 Å². The number of esters is 1. The van der Waals surface area contributed by atoms with E-state index in [0.717, 1.165) is 12.8 Å². The minimum Gasteiger partial charge on any atom is -0.459 e. The molecule has 1 aliphatic rings. The number of rotatable bonds is 4. The first-order valence-electron chi connectivity index (χ1n) is 7.39. The van der Waals surface area contributed by atoms with Crippen LogP contribution in [0.5, 0.6) is 0 Å². The average Bonchev–Trinajstić information content (AvgIpc) is 2.74. The number of nitrogens with two attached hydrogens (primary N) is 1. The maximum absolute atomic E-state index is 12.1. The molecule has 0 unspecified atom stereocenters. The summed E-state index contributed by atoms with van der Waals surface area (Å²) < 4.78 is 7.49. The second-order valence-corrected chi connectivity index (χ2v) is 7.15. The molecule has 20 heavy (non-hydrogen) atoms. The van der Waals surface area contributed by atoms with E-state index >= 15 is 0 Å². The lowest BCUT2D eigenvalue weighted by molar-refractivity contribution is -0.667. The summed E-state index contributed by atoms with van der Waals surface area (Å²) in [4.78, 5) is 12.1. The van der Waals surface area contributed by atoms with E-state index in [1.165, 1.54) is 17.8 Å². The van der Waals surface area contributed by atoms with E-state index < -0.39 is 0 Å². The van der Waals surface area contributed by atoms with Gasteiger partial charge in [0.15, 0.2) is 6.54 Å². The predicted octanol–water partition coefficient (Wildman–Crippen LogP) is 2.62. The number of carbonyl (C=O) groups is 1. The number of nitrogens with zero attached hydrogens (tertiary/aromatic N) is 1. The Kier molecular flexibility index (Phi) is 5.02. The van der Waals surface area contributed by atoms with Crippen molar-refractivity contribution < 1.29 is 14.1 Å². The molecule has 1 saturated carbocycles. The molecule has 0 aliphatic heterocycles. The van der Waals surface area contributed by atoms with Gasteiger partial charge in [0, 0.05) is 5.38 Å². The Bertz CT molecular complexity index is 458. The molecule has 1 fully saturated rings. The fraction of sp³-hybridized carbons (Fsp3) is 0.733. The SMILES string of the molecule is CC(C)[C@H]1CC[C@H](C)C[C@@H]1OC(=O)C[n+]1ccsc1N. The highest BCUT2D eigenvalue weighted by Gasteiger charge is 2.33. The lowest BCUT2D eigenvalue weighted by atomic mass is 9.75. The van der Waals surface area contributed by atoms with Gasteiger partial charge in [-0.1, -0.05) is 38.5 Å². The van der Waals surface area contributed by atoms with E-state index in [0.29, 0.717) is 22.9 Å². The van der Waals surface area contributed by atoms with Crippen molar-refractivity contribution in [2.45, 2.75) is 52.7 Å². The second kappa shape index (κ2) is 6.57. The maximum atomic E-state index is 12.1. The molecule has 0 aromatic carbocycles. The van der Waals surface area contributed by atoms with Gasteiger partial charge in [-0.3, -0.25) is 5.73 Å². The van der Waals surface area contributed by atoms with E-state index in [4.69, 9.17) is 10.5 Å². The molecular weight excluding hydrogens is 272 g/mol. The van der Waals surface area contributed by atoms with Gasteiger partial charge in [0.05, 0.1) is 0 Å². The van der Waals surface area contributed by atoms with Gasteiger partial charge in [0.25, 0.3) is 0 Å². The summed E-state index contributed by atoms with van der Waals surface area (Å²) >= 11 is 1.43. The Morgan fingerprint density at radius 2 is 2.30 bits per heavy atom. The van der Waals surface area contributed by atoms with Gasteiger partial charge in [-0.05, 0) is 30.6 Å². The Balaban J connectivity index is 1.95. The van der Waals surface area contributed by atoms with Crippen LogP contribution >= 0.6 is 11.3 Å². The maximum Gasteiger partial charge on any atom is 0.348 e. The number of aromatic nitrogens is 1. The summed E-state index contributed by atoms with van der Waals surface area (Å²) in [7, 11) is 0. The molecule has 112 valence electrons. The lowest BCUT2D eigenvalue weighted by Crippen LogP contribution is -2.42. The zero-order valence-corrected chi connectivity index (χ0v) is 13.4. The molecular formula is C15H25N2O2S+. The highest BCUT2D eigenvalue weighted by atomic mass is 32.1. The van der Waals surface area contributed by atoms with Crippen LogP contribution in [-0.4, -0.2) is 12.1 Å². The van der Waals surface area contributed by atoms with Crippen molar-refractivity contribution in [1.29, 1.82) is 0 Å². The summed E-state index contributed by atoms with van der Waals surface area (Å²) in [5.41, 5.74) is 5.79. The zero-order chi connectivity index (χ0) is 14.7. The molecule has 0 saturated heterocycles. The number of thiazole rings is 1. The lowest BCUT2D eigenvalue weighted by Gasteiger charge is -2.36. The minimum atomic E-state index is -0.176. The van der Waals surface area contributed by atoms with E-state index in [2.05, 4.69) is 20.8 Å². The fourth-order valence-electron chi connectivity index (χ4n) is 3.04. The minimum absolute atomic E-state index is 0.0618. The number of anilines is 1. The smallest absolute Gasteiger partial charge is 0.348 e. The van der Waals surface area contributed by atoms with Crippen LogP contribution in [-0.2, 0) is 16.1 Å². The number of nitrogen functional groups attached to an aromatic ring is 1. The molecule has 1 heterocycles. The first-order valence-corrected chi connectivity index (χ1v) is 8.27. The van der Waals surface area contributed by atoms with E-state index in [1.54, 1.807) is 4.57 Å². The van der Waals surface area contributed by atoms with Gasteiger partial charge in [-0.25, -0.2) is 9.36 Å². The van der Waals surface area contributed by atoms with Gasteiger partial charge in [0.1, 0.15) is 12.3 Å². The number of hydrogen-bond acceptors (Lipinski definition) is 4. The van der Waals surface area contributed by atoms with Crippen molar-refractivity contribution in [2.24, 2.45) is 17.8 Å². The van der Waals surface area contributed by atoms with Gasteiger partial charge in [-0.2, -0.15) is 0 Å². The third kappa shape index (κ3) is 3.72. The predicted molar refractivity (Wildman–Crippen MR) is 80.1 cm³/mol. The standard InChI is InChI=1S/C15H24N2O2S/c1-10(2)12-5-4-11(3)8-13(12)19-14(18)9-17-6-7-20-15(17)16/h6-7,10-13,16H,4-5,8-9H2,1-3H3/p+1/t11-,12+,13-/m0/s1. The summed E-state index contributed by atoms with van der Waals surface area (Å²) in [5.74, 6) is 1.51. The molecule has 0 amide bonds. The van der Waals surface area contributed by atoms with Gasteiger partial charge in [-0.15, -0.1) is 0 Å². The van der Waals surface area contributed by atoms with Gasteiger partial charge in [0.2, 0.25) is 0 Å². The Labute approximate surface area is 124 Å². The quantitative estimate of drug-likeness (QED) is 0.686. The van der Waals surface area contributed by atoms with Crippen molar-refractivity contribution in [2.75, 3.05) is 5.73 Å². The number of ether oxygens (including phenoxy) is 1. The van der Waals surface area contributed by atoms with Crippen LogP contribution in [0, 0.1) is 17.8 Å². The first kappa shape index (κ1) is 15.3. The van der Waals surface area contributed by atoms with Crippen molar-refractivity contribution >= 4 is 22.4 Å². The number of carbonyl (C=O) groups excluding carboxylic acids is 1. The molecule has 1 aromatic rings.